The number of nitrogens with zero attached hydrogens (tertiary/aromatic N) is 5. The molecular formula is C6H9N5O. The first kappa shape index (κ1) is 8.58. The van der Waals surface area contributed by atoms with Crippen molar-refractivity contribution >= 4 is 0 Å². The summed E-state index contributed by atoms with van der Waals surface area (Å²) >= 11 is 0. The number of aryl methyl sites for hydroxylation is 1. The standard InChI is InChI=1S/C6H9N5O/c1-11-4-5(2-9-11)6(12)3-8-10-7/h2,4,6,12H,3H2,1H3/t6-/m0/s1. The van der Waals surface area contributed by atoms with Gasteiger partial charge in [-0.3, -0.25) is 4.68 Å². The summed E-state index contributed by atoms with van der Waals surface area (Å²) in [7, 11) is 1.75. The number of aliphatic hydroxyl groups is 1. The largest absolute Gasteiger partial charge is 0.388 e. The van der Waals surface area contributed by atoms with Gasteiger partial charge in [-0.05, 0) is 5.53 Å². The molecule has 1 heterocycles. The number of hydrogen-bond acceptors (Lipinski definition) is 3. The van der Waals surface area contributed by atoms with Crippen molar-refractivity contribution in [2.75, 3.05) is 6.54 Å². The Bertz CT molecular complexity index is 301. The van der Waals surface area contributed by atoms with Crippen LogP contribution in [0.3, 0.4) is 0 Å². The number of aromatic nitrogens is 2. The molecule has 0 fully saturated rings. The van der Waals surface area contributed by atoms with Crippen LogP contribution in [0.4, 0.5) is 0 Å². The van der Waals surface area contributed by atoms with E-state index >= 15 is 0 Å². The number of hydrogen-bond donors (Lipinski definition) is 1. The lowest BCUT2D eigenvalue weighted by molar-refractivity contribution is 0.186. The summed E-state index contributed by atoms with van der Waals surface area (Å²) in [6.07, 6.45) is 2.46. The first-order chi connectivity index (χ1) is 5.74. The van der Waals surface area contributed by atoms with E-state index in [0.717, 1.165) is 0 Å². The smallest absolute Gasteiger partial charge is 0.0876 e. The summed E-state index contributed by atoms with van der Waals surface area (Å²) in [6.45, 7) is 0.0438. The molecule has 1 rings (SSSR count). The molecule has 0 bridgehead atoms. The molecule has 0 amide bonds. The highest BCUT2D eigenvalue weighted by molar-refractivity contribution is 5.07. The van der Waals surface area contributed by atoms with Crippen molar-refractivity contribution in [2.24, 2.45) is 12.2 Å². The van der Waals surface area contributed by atoms with Crippen molar-refractivity contribution in [2.45, 2.75) is 6.10 Å². The van der Waals surface area contributed by atoms with Crippen LogP contribution in [0.5, 0.6) is 0 Å². The predicted octanol–water partition coefficient (Wildman–Crippen LogP) is 0.764. The predicted molar refractivity (Wildman–Crippen MR) is 42.2 cm³/mol. The van der Waals surface area contributed by atoms with E-state index in [0.29, 0.717) is 5.56 Å². The number of azide groups is 1. The quantitative estimate of drug-likeness (QED) is 0.409. The van der Waals surface area contributed by atoms with E-state index in [-0.39, 0.29) is 6.54 Å². The zero-order valence-electron chi connectivity index (χ0n) is 6.62. The fourth-order valence-corrected chi connectivity index (χ4v) is 0.831. The van der Waals surface area contributed by atoms with E-state index in [2.05, 4.69) is 15.1 Å². The second-order valence-corrected chi connectivity index (χ2v) is 2.38. The number of aliphatic hydroxyl groups excluding tert-OH is 1. The third-order valence-electron chi connectivity index (χ3n) is 1.43. The second kappa shape index (κ2) is 3.75. The van der Waals surface area contributed by atoms with E-state index in [4.69, 9.17) is 5.53 Å². The average Bonchev–Trinajstić information content (AvgIpc) is 2.47. The van der Waals surface area contributed by atoms with E-state index in [9.17, 15) is 5.11 Å². The first-order valence-corrected chi connectivity index (χ1v) is 3.41. The Morgan fingerprint density at radius 3 is 3.17 bits per heavy atom. The minimum atomic E-state index is -0.755. The maximum Gasteiger partial charge on any atom is 0.0876 e. The molecular weight excluding hydrogens is 158 g/mol. The highest BCUT2D eigenvalue weighted by Gasteiger charge is 2.07. The van der Waals surface area contributed by atoms with Crippen molar-refractivity contribution in [3.8, 4) is 0 Å². The normalized spacial score (nSPS) is 12.2. The summed E-state index contributed by atoms with van der Waals surface area (Å²) in [6, 6.07) is 0. The van der Waals surface area contributed by atoms with Crippen LogP contribution in [0.2, 0.25) is 0 Å². The third kappa shape index (κ3) is 1.98. The molecule has 1 aromatic rings. The van der Waals surface area contributed by atoms with Crippen LogP contribution >= 0.6 is 0 Å². The fraction of sp³-hybridized carbons (Fsp3) is 0.500. The van der Waals surface area contributed by atoms with Gasteiger partial charge in [0.2, 0.25) is 0 Å². The minimum Gasteiger partial charge on any atom is -0.388 e. The van der Waals surface area contributed by atoms with Crippen molar-refractivity contribution in [1.82, 2.24) is 9.78 Å². The molecule has 0 unspecified atom stereocenters. The van der Waals surface area contributed by atoms with Crippen LogP contribution in [0.15, 0.2) is 17.5 Å². The van der Waals surface area contributed by atoms with Gasteiger partial charge in [0.15, 0.2) is 0 Å². The molecule has 0 aromatic carbocycles. The molecule has 0 radical (unpaired) electrons. The SMILES string of the molecule is Cn1cc([C@@H](O)CN=[N+]=[N-])cn1. The van der Waals surface area contributed by atoms with Crippen LogP contribution in [-0.4, -0.2) is 21.4 Å². The molecule has 6 heteroatoms. The van der Waals surface area contributed by atoms with Gasteiger partial charge in [-0.2, -0.15) is 5.10 Å². The molecule has 0 aliphatic carbocycles. The third-order valence-corrected chi connectivity index (χ3v) is 1.43. The van der Waals surface area contributed by atoms with Gasteiger partial charge in [0.05, 0.1) is 18.8 Å². The summed E-state index contributed by atoms with van der Waals surface area (Å²) < 4.78 is 1.58. The fourth-order valence-electron chi connectivity index (χ4n) is 0.831. The van der Waals surface area contributed by atoms with Crippen molar-refractivity contribution < 1.29 is 5.11 Å². The molecule has 12 heavy (non-hydrogen) atoms. The van der Waals surface area contributed by atoms with Crippen LogP contribution in [0.1, 0.15) is 11.7 Å². The summed E-state index contributed by atoms with van der Waals surface area (Å²) in [5, 5.41) is 16.5. The molecule has 0 aliphatic rings. The molecule has 64 valence electrons. The zero-order valence-corrected chi connectivity index (χ0v) is 6.62. The van der Waals surface area contributed by atoms with Gasteiger partial charge in [0, 0.05) is 23.7 Å². The Morgan fingerprint density at radius 2 is 2.67 bits per heavy atom. The van der Waals surface area contributed by atoms with E-state index < -0.39 is 6.10 Å². The molecule has 1 atom stereocenters. The number of rotatable bonds is 3. The van der Waals surface area contributed by atoms with Crippen LogP contribution in [0.25, 0.3) is 10.4 Å². The monoisotopic (exact) mass is 167 g/mol. The highest BCUT2D eigenvalue weighted by Crippen LogP contribution is 2.10. The summed E-state index contributed by atoms with van der Waals surface area (Å²) in [4.78, 5) is 2.55. The second-order valence-electron chi connectivity index (χ2n) is 2.38. The molecule has 1 aromatic heterocycles. The maximum absolute atomic E-state index is 9.35. The van der Waals surface area contributed by atoms with Gasteiger partial charge < -0.3 is 5.11 Å². The summed E-state index contributed by atoms with van der Waals surface area (Å²) in [5.41, 5.74) is 8.65. The van der Waals surface area contributed by atoms with Crippen molar-refractivity contribution in [1.29, 1.82) is 0 Å². The first-order valence-electron chi connectivity index (χ1n) is 3.41. The zero-order chi connectivity index (χ0) is 8.97. The van der Waals surface area contributed by atoms with E-state index in [1.54, 1.807) is 17.9 Å². The van der Waals surface area contributed by atoms with Gasteiger partial charge in [-0.1, -0.05) is 5.11 Å². The average molecular weight is 167 g/mol. The highest BCUT2D eigenvalue weighted by atomic mass is 16.3. The van der Waals surface area contributed by atoms with Crippen molar-refractivity contribution in [3.05, 3.63) is 28.4 Å². The molecule has 0 saturated heterocycles. The Labute approximate surface area is 69.1 Å². The Kier molecular flexibility index (Phi) is 2.68. The van der Waals surface area contributed by atoms with Gasteiger partial charge >= 0.3 is 0 Å². The maximum atomic E-state index is 9.35. The van der Waals surface area contributed by atoms with Crippen LogP contribution < -0.4 is 0 Å². The van der Waals surface area contributed by atoms with Crippen molar-refractivity contribution in [3.63, 3.8) is 0 Å². The molecule has 0 saturated carbocycles. The molecule has 0 spiro atoms. The molecule has 0 aliphatic heterocycles. The molecule has 1 N–H and O–H groups in total. The Balaban J connectivity index is 2.64. The lowest BCUT2D eigenvalue weighted by Crippen LogP contribution is -1.98. The topological polar surface area (TPSA) is 86.8 Å². The molecule has 6 nitrogen and oxygen atoms in total. The minimum absolute atomic E-state index is 0.0438. The van der Waals surface area contributed by atoms with E-state index in [1.807, 2.05) is 0 Å². The van der Waals surface area contributed by atoms with Gasteiger partial charge in [0.25, 0.3) is 0 Å². The van der Waals surface area contributed by atoms with E-state index in [1.165, 1.54) is 6.20 Å². The lowest BCUT2D eigenvalue weighted by Gasteiger charge is -2.01. The summed E-state index contributed by atoms with van der Waals surface area (Å²) in [5.74, 6) is 0. The lowest BCUT2D eigenvalue weighted by atomic mass is 10.2. The van der Waals surface area contributed by atoms with Crippen LogP contribution in [0, 0.1) is 0 Å². The Hall–Kier alpha value is -1.52. The Morgan fingerprint density at radius 1 is 1.92 bits per heavy atom. The van der Waals surface area contributed by atoms with Crippen LogP contribution in [-0.2, 0) is 7.05 Å². The van der Waals surface area contributed by atoms with Gasteiger partial charge in [0.1, 0.15) is 0 Å². The van der Waals surface area contributed by atoms with Gasteiger partial charge in [-0.15, -0.1) is 0 Å². The van der Waals surface area contributed by atoms with Gasteiger partial charge in [-0.25, -0.2) is 0 Å².